The Hall–Kier alpha value is -3.48. The normalized spacial score (nSPS) is 10.5. The fraction of sp³-hybridized carbons (Fsp3) is 0.158. The van der Waals surface area contributed by atoms with Crippen LogP contribution in [0.4, 0.5) is 5.69 Å². The van der Waals surface area contributed by atoms with Gasteiger partial charge in [0, 0.05) is 35.8 Å². The number of carbonyl (C=O) groups excluding carboxylic acids is 1. The van der Waals surface area contributed by atoms with Gasteiger partial charge in [-0.2, -0.15) is 0 Å². The van der Waals surface area contributed by atoms with Crippen molar-refractivity contribution >= 4 is 22.5 Å². The van der Waals surface area contributed by atoms with Gasteiger partial charge in [-0.1, -0.05) is 24.3 Å². The van der Waals surface area contributed by atoms with E-state index in [4.69, 9.17) is 4.74 Å². The zero-order chi connectivity index (χ0) is 18.4. The summed E-state index contributed by atoms with van der Waals surface area (Å²) in [5.41, 5.74) is 0.957. The molecule has 2 aromatic carbocycles. The van der Waals surface area contributed by atoms with Crippen molar-refractivity contribution in [1.82, 2.24) is 10.3 Å². The highest BCUT2D eigenvalue weighted by Gasteiger charge is 2.11. The predicted molar refractivity (Wildman–Crippen MR) is 97.3 cm³/mol. The third-order valence-corrected chi connectivity index (χ3v) is 3.78. The van der Waals surface area contributed by atoms with Gasteiger partial charge >= 0.3 is 0 Å². The molecule has 1 amide bonds. The van der Waals surface area contributed by atoms with Crippen LogP contribution in [0.1, 0.15) is 16.8 Å². The number of hydrogen-bond donors (Lipinski definition) is 1. The van der Waals surface area contributed by atoms with Gasteiger partial charge in [0.25, 0.3) is 11.6 Å². The molecule has 0 fully saturated rings. The number of nitrogens with zero attached hydrogens (tertiary/aromatic N) is 2. The van der Waals surface area contributed by atoms with E-state index in [9.17, 15) is 14.9 Å². The lowest BCUT2D eigenvalue weighted by atomic mass is 10.2. The number of fused-ring (bicyclic) bond motifs is 1. The standard InChI is InChI=1S/C19H17N3O4/c23-19(15-6-1-8-16(13-15)22(24)25)21-11-4-12-26-17-9-2-5-14-7-3-10-20-18(14)17/h1-3,5-10,13H,4,11-12H2,(H,21,23). The number of pyridine rings is 1. The van der Waals surface area contributed by atoms with Crippen LogP contribution in [0.5, 0.6) is 5.75 Å². The van der Waals surface area contributed by atoms with E-state index in [0.29, 0.717) is 25.3 Å². The van der Waals surface area contributed by atoms with E-state index in [1.165, 1.54) is 18.2 Å². The van der Waals surface area contributed by atoms with Gasteiger partial charge in [-0.25, -0.2) is 0 Å². The third-order valence-electron chi connectivity index (χ3n) is 3.78. The van der Waals surface area contributed by atoms with Crippen molar-refractivity contribution in [1.29, 1.82) is 0 Å². The SMILES string of the molecule is O=C(NCCCOc1cccc2cccnc12)c1cccc([N+](=O)[O-])c1. The third kappa shape index (κ3) is 4.13. The second kappa shape index (κ2) is 8.06. The van der Waals surface area contributed by atoms with Gasteiger partial charge in [-0.3, -0.25) is 19.9 Å². The van der Waals surface area contributed by atoms with E-state index >= 15 is 0 Å². The maximum Gasteiger partial charge on any atom is 0.270 e. The zero-order valence-corrected chi connectivity index (χ0v) is 13.9. The molecule has 3 rings (SSSR count). The second-order valence-corrected chi connectivity index (χ2v) is 5.60. The van der Waals surface area contributed by atoms with Crippen LogP contribution in [0.15, 0.2) is 60.8 Å². The molecule has 0 saturated heterocycles. The fourth-order valence-electron chi connectivity index (χ4n) is 2.51. The highest BCUT2D eigenvalue weighted by atomic mass is 16.6. The number of nitro groups is 1. The van der Waals surface area contributed by atoms with E-state index in [1.54, 1.807) is 12.3 Å². The Bertz CT molecular complexity index is 937. The van der Waals surface area contributed by atoms with E-state index in [1.807, 2.05) is 30.3 Å². The summed E-state index contributed by atoms with van der Waals surface area (Å²) < 4.78 is 5.75. The van der Waals surface area contributed by atoms with Crippen LogP contribution < -0.4 is 10.1 Å². The van der Waals surface area contributed by atoms with E-state index < -0.39 is 4.92 Å². The smallest absolute Gasteiger partial charge is 0.270 e. The van der Waals surface area contributed by atoms with Crippen molar-refractivity contribution in [2.45, 2.75) is 6.42 Å². The molecule has 0 unspecified atom stereocenters. The van der Waals surface area contributed by atoms with Crippen molar-refractivity contribution in [3.8, 4) is 5.75 Å². The maximum atomic E-state index is 12.0. The molecule has 1 heterocycles. The number of para-hydroxylation sites is 1. The van der Waals surface area contributed by atoms with Gasteiger partial charge in [0.15, 0.2) is 0 Å². The molecule has 1 N–H and O–H groups in total. The molecule has 7 heteroatoms. The molecule has 0 radical (unpaired) electrons. The molecule has 1 aromatic heterocycles. The summed E-state index contributed by atoms with van der Waals surface area (Å²) in [6.07, 6.45) is 2.32. The Morgan fingerprint density at radius 1 is 1.15 bits per heavy atom. The topological polar surface area (TPSA) is 94.4 Å². The van der Waals surface area contributed by atoms with E-state index in [2.05, 4.69) is 10.3 Å². The average Bonchev–Trinajstić information content (AvgIpc) is 2.67. The van der Waals surface area contributed by atoms with Crippen molar-refractivity contribution in [3.63, 3.8) is 0 Å². The van der Waals surface area contributed by atoms with Crippen LogP contribution in [0.3, 0.4) is 0 Å². The number of nitrogens with one attached hydrogen (secondary N) is 1. The number of hydrogen-bond acceptors (Lipinski definition) is 5. The summed E-state index contributed by atoms with van der Waals surface area (Å²) in [6, 6.07) is 15.2. The minimum atomic E-state index is -0.525. The van der Waals surface area contributed by atoms with Crippen molar-refractivity contribution < 1.29 is 14.5 Å². The number of rotatable bonds is 7. The van der Waals surface area contributed by atoms with Crippen LogP contribution in [0.2, 0.25) is 0 Å². The first kappa shape index (κ1) is 17.3. The number of benzene rings is 2. The van der Waals surface area contributed by atoms with Gasteiger partial charge < -0.3 is 10.1 Å². The monoisotopic (exact) mass is 351 g/mol. The Labute approximate surface area is 149 Å². The zero-order valence-electron chi connectivity index (χ0n) is 13.9. The lowest BCUT2D eigenvalue weighted by Gasteiger charge is -2.09. The molecule has 7 nitrogen and oxygen atoms in total. The molecule has 0 spiro atoms. The first-order valence-corrected chi connectivity index (χ1v) is 8.14. The molecule has 0 saturated carbocycles. The highest BCUT2D eigenvalue weighted by molar-refractivity contribution is 5.94. The number of aromatic nitrogens is 1. The van der Waals surface area contributed by atoms with Crippen molar-refractivity contribution in [2.75, 3.05) is 13.2 Å². The van der Waals surface area contributed by atoms with Gasteiger partial charge in [-0.15, -0.1) is 0 Å². The molecule has 26 heavy (non-hydrogen) atoms. The number of carbonyl (C=O) groups is 1. The summed E-state index contributed by atoms with van der Waals surface area (Å²) in [5.74, 6) is 0.355. The van der Waals surface area contributed by atoms with Crippen molar-refractivity contribution in [2.24, 2.45) is 0 Å². The first-order chi connectivity index (χ1) is 12.6. The summed E-state index contributed by atoms with van der Waals surface area (Å²) in [7, 11) is 0. The summed E-state index contributed by atoms with van der Waals surface area (Å²) in [4.78, 5) is 26.6. The molecule has 0 aliphatic rings. The Morgan fingerprint density at radius 3 is 2.81 bits per heavy atom. The highest BCUT2D eigenvalue weighted by Crippen LogP contribution is 2.22. The molecule has 0 aliphatic carbocycles. The summed E-state index contributed by atoms with van der Waals surface area (Å²) >= 11 is 0. The van der Waals surface area contributed by atoms with Crippen LogP contribution >= 0.6 is 0 Å². The van der Waals surface area contributed by atoms with Gasteiger partial charge in [0.2, 0.25) is 0 Å². The summed E-state index contributed by atoms with van der Waals surface area (Å²) in [6.45, 7) is 0.824. The quantitative estimate of drug-likeness (QED) is 0.400. The van der Waals surface area contributed by atoms with Gasteiger partial charge in [-0.05, 0) is 24.6 Å². The molecular weight excluding hydrogens is 334 g/mol. The fourth-order valence-corrected chi connectivity index (χ4v) is 2.51. The number of amides is 1. The minimum absolute atomic E-state index is 0.107. The molecular formula is C19H17N3O4. The first-order valence-electron chi connectivity index (χ1n) is 8.14. The van der Waals surface area contributed by atoms with Crippen LogP contribution in [-0.4, -0.2) is 29.0 Å². The Balaban J connectivity index is 1.49. The molecule has 0 bridgehead atoms. The van der Waals surface area contributed by atoms with Gasteiger partial charge in [0.05, 0.1) is 11.5 Å². The Kier molecular flexibility index (Phi) is 5.38. The number of non-ortho nitro benzene ring substituents is 1. The van der Waals surface area contributed by atoms with Crippen LogP contribution in [0, 0.1) is 10.1 Å². The van der Waals surface area contributed by atoms with Crippen LogP contribution in [0.25, 0.3) is 10.9 Å². The lowest BCUT2D eigenvalue weighted by Crippen LogP contribution is -2.25. The minimum Gasteiger partial charge on any atom is -0.491 e. The van der Waals surface area contributed by atoms with E-state index in [-0.39, 0.29) is 17.2 Å². The number of ether oxygens (including phenoxy) is 1. The average molecular weight is 351 g/mol. The molecule has 132 valence electrons. The predicted octanol–water partition coefficient (Wildman–Crippen LogP) is 3.34. The largest absolute Gasteiger partial charge is 0.491 e. The number of nitro benzene ring substituents is 1. The van der Waals surface area contributed by atoms with Gasteiger partial charge in [0.1, 0.15) is 11.3 Å². The lowest BCUT2D eigenvalue weighted by molar-refractivity contribution is -0.384. The molecule has 3 aromatic rings. The Morgan fingerprint density at radius 2 is 1.96 bits per heavy atom. The molecule has 0 aliphatic heterocycles. The van der Waals surface area contributed by atoms with E-state index in [0.717, 1.165) is 10.9 Å². The van der Waals surface area contributed by atoms with Crippen LogP contribution in [-0.2, 0) is 0 Å². The molecule has 0 atom stereocenters. The maximum absolute atomic E-state index is 12.0. The second-order valence-electron chi connectivity index (χ2n) is 5.60. The summed E-state index contributed by atoms with van der Waals surface area (Å²) in [5, 5.41) is 14.5. The van der Waals surface area contributed by atoms with Crippen molar-refractivity contribution in [3.05, 3.63) is 76.5 Å².